The molecule has 0 unspecified atom stereocenters. The van der Waals surface area contributed by atoms with Gasteiger partial charge < -0.3 is 10.1 Å². The molecule has 0 amide bonds. The highest BCUT2D eigenvalue weighted by Gasteiger charge is 2.22. The van der Waals surface area contributed by atoms with Crippen molar-refractivity contribution >= 4 is 11.5 Å². The fraction of sp³-hybridized carbons (Fsp3) is 0.143. The van der Waals surface area contributed by atoms with Crippen LogP contribution >= 0.6 is 0 Å². The van der Waals surface area contributed by atoms with Crippen LogP contribution in [0.2, 0.25) is 0 Å². The van der Waals surface area contributed by atoms with E-state index >= 15 is 0 Å². The van der Waals surface area contributed by atoms with E-state index in [0.29, 0.717) is 22.8 Å². The third-order valence-corrected chi connectivity index (χ3v) is 3.71. The SMILES string of the molecule is Cc1c(-c2ncc([N+](=O)[O-])n2C)cnn1-c1ccc([N+](=O)[O-])cc1. The minimum Gasteiger partial charge on any atom is -0.358 e. The summed E-state index contributed by atoms with van der Waals surface area (Å²) in [4.78, 5) is 24.8. The van der Waals surface area contributed by atoms with E-state index in [0.717, 1.165) is 0 Å². The summed E-state index contributed by atoms with van der Waals surface area (Å²) in [6.45, 7) is 1.80. The fourth-order valence-electron chi connectivity index (χ4n) is 2.43. The molecule has 10 heteroatoms. The number of hydrogen-bond donors (Lipinski definition) is 0. The van der Waals surface area contributed by atoms with Crippen molar-refractivity contribution in [3.05, 3.63) is 62.6 Å². The first kappa shape index (κ1) is 15.3. The maximum absolute atomic E-state index is 10.9. The van der Waals surface area contributed by atoms with Crippen molar-refractivity contribution in [2.24, 2.45) is 7.05 Å². The second-order valence-corrected chi connectivity index (χ2v) is 5.09. The van der Waals surface area contributed by atoms with Crippen LogP contribution in [0.25, 0.3) is 17.1 Å². The predicted molar refractivity (Wildman–Crippen MR) is 83.8 cm³/mol. The number of rotatable bonds is 4. The number of benzene rings is 1. The quantitative estimate of drug-likeness (QED) is 0.535. The Morgan fingerprint density at radius 2 is 1.71 bits per heavy atom. The molecule has 0 N–H and O–H groups in total. The highest BCUT2D eigenvalue weighted by Crippen LogP contribution is 2.27. The van der Waals surface area contributed by atoms with Gasteiger partial charge in [0.25, 0.3) is 5.69 Å². The van der Waals surface area contributed by atoms with E-state index in [-0.39, 0.29) is 11.5 Å². The van der Waals surface area contributed by atoms with Gasteiger partial charge in [0.2, 0.25) is 5.82 Å². The molecule has 0 radical (unpaired) electrons. The average molecular weight is 328 g/mol. The zero-order chi connectivity index (χ0) is 17.4. The molecule has 0 atom stereocenters. The third-order valence-electron chi connectivity index (χ3n) is 3.71. The maximum atomic E-state index is 10.9. The lowest BCUT2D eigenvalue weighted by Gasteiger charge is -2.04. The second-order valence-electron chi connectivity index (χ2n) is 5.09. The molecule has 3 aromatic rings. The van der Waals surface area contributed by atoms with Gasteiger partial charge in [0.15, 0.2) is 0 Å². The van der Waals surface area contributed by atoms with Crippen molar-refractivity contribution in [1.29, 1.82) is 0 Å². The van der Waals surface area contributed by atoms with Crippen LogP contribution < -0.4 is 0 Å². The summed E-state index contributed by atoms with van der Waals surface area (Å²) in [5, 5.41) is 25.9. The molecule has 0 aliphatic carbocycles. The van der Waals surface area contributed by atoms with Gasteiger partial charge in [0.1, 0.15) is 6.20 Å². The van der Waals surface area contributed by atoms with Crippen molar-refractivity contribution in [3.8, 4) is 17.1 Å². The Bertz CT molecular complexity index is 941. The van der Waals surface area contributed by atoms with Crippen molar-refractivity contribution < 1.29 is 9.85 Å². The molecule has 1 aromatic carbocycles. The molecule has 2 heterocycles. The van der Waals surface area contributed by atoms with Gasteiger partial charge in [-0.2, -0.15) is 5.10 Å². The first-order valence-electron chi connectivity index (χ1n) is 6.86. The van der Waals surface area contributed by atoms with Crippen LogP contribution in [-0.4, -0.2) is 29.2 Å². The third kappa shape index (κ3) is 2.39. The molecule has 0 aliphatic rings. The molecule has 0 spiro atoms. The Morgan fingerprint density at radius 3 is 2.25 bits per heavy atom. The van der Waals surface area contributed by atoms with Crippen LogP contribution in [0.15, 0.2) is 36.7 Å². The molecule has 122 valence electrons. The normalized spacial score (nSPS) is 10.8. The molecular formula is C14H12N6O4. The summed E-state index contributed by atoms with van der Waals surface area (Å²) < 4.78 is 2.98. The molecule has 2 aromatic heterocycles. The van der Waals surface area contributed by atoms with Crippen LogP contribution in [0.5, 0.6) is 0 Å². The van der Waals surface area contributed by atoms with Crippen LogP contribution in [0.3, 0.4) is 0 Å². The summed E-state index contributed by atoms with van der Waals surface area (Å²) in [7, 11) is 1.56. The first-order chi connectivity index (χ1) is 11.4. The fourth-order valence-corrected chi connectivity index (χ4v) is 2.43. The maximum Gasteiger partial charge on any atom is 0.342 e. The number of nitrogens with zero attached hydrogens (tertiary/aromatic N) is 6. The van der Waals surface area contributed by atoms with E-state index in [1.807, 2.05) is 0 Å². The highest BCUT2D eigenvalue weighted by atomic mass is 16.6. The number of nitro groups is 2. The minimum absolute atomic E-state index is 0.0106. The molecule has 0 saturated heterocycles. The Hall–Kier alpha value is -3.56. The highest BCUT2D eigenvalue weighted by molar-refractivity contribution is 5.61. The van der Waals surface area contributed by atoms with Crippen molar-refractivity contribution in [1.82, 2.24) is 19.3 Å². The molecule has 24 heavy (non-hydrogen) atoms. The average Bonchev–Trinajstić information content (AvgIpc) is 3.10. The molecular weight excluding hydrogens is 316 g/mol. The Balaban J connectivity index is 2.03. The summed E-state index contributed by atoms with van der Waals surface area (Å²) in [6, 6.07) is 5.95. The van der Waals surface area contributed by atoms with Gasteiger partial charge in [-0.15, -0.1) is 0 Å². The molecule has 0 bridgehead atoms. The van der Waals surface area contributed by atoms with Crippen molar-refractivity contribution in [3.63, 3.8) is 0 Å². The van der Waals surface area contributed by atoms with Gasteiger partial charge >= 0.3 is 5.82 Å². The largest absolute Gasteiger partial charge is 0.358 e. The van der Waals surface area contributed by atoms with Gasteiger partial charge in [-0.3, -0.25) is 10.1 Å². The van der Waals surface area contributed by atoms with Gasteiger partial charge in [-0.1, -0.05) is 0 Å². The molecule has 0 fully saturated rings. The Kier molecular flexibility index (Phi) is 3.56. The van der Waals surface area contributed by atoms with Gasteiger partial charge in [0, 0.05) is 12.1 Å². The first-order valence-corrected chi connectivity index (χ1v) is 6.86. The van der Waals surface area contributed by atoms with Gasteiger partial charge in [-0.05, 0) is 24.0 Å². The number of hydrogen-bond acceptors (Lipinski definition) is 6. The van der Waals surface area contributed by atoms with Crippen LogP contribution in [-0.2, 0) is 7.05 Å². The standard InChI is InChI=1S/C14H12N6O4/c1-9-12(14-15-8-13(17(14)2)20(23)24)7-16-18(9)10-3-5-11(6-4-10)19(21)22/h3-8H,1-2H3. The van der Waals surface area contributed by atoms with E-state index < -0.39 is 9.85 Å². The summed E-state index contributed by atoms with van der Waals surface area (Å²) in [6.07, 6.45) is 2.75. The molecule has 3 rings (SSSR count). The summed E-state index contributed by atoms with van der Waals surface area (Å²) >= 11 is 0. The van der Waals surface area contributed by atoms with Crippen molar-refractivity contribution in [2.45, 2.75) is 6.92 Å². The summed E-state index contributed by atoms with van der Waals surface area (Å²) in [5.41, 5.74) is 1.99. The zero-order valence-corrected chi connectivity index (χ0v) is 12.8. The monoisotopic (exact) mass is 328 g/mol. The summed E-state index contributed by atoms with van der Waals surface area (Å²) in [5.74, 6) is 0.305. The van der Waals surface area contributed by atoms with Crippen molar-refractivity contribution in [2.75, 3.05) is 0 Å². The lowest BCUT2D eigenvalue weighted by Crippen LogP contribution is -2.01. The van der Waals surface area contributed by atoms with Crippen LogP contribution in [0.4, 0.5) is 11.5 Å². The van der Waals surface area contributed by atoms with E-state index in [4.69, 9.17) is 0 Å². The van der Waals surface area contributed by atoms with Gasteiger partial charge in [0.05, 0.1) is 35.1 Å². The molecule has 0 saturated carbocycles. The number of aromatic nitrogens is 4. The van der Waals surface area contributed by atoms with Crippen LogP contribution in [0.1, 0.15) is 5.69 Å². The van der Waals surface area contributed by atoms with E-state index in [9.17, 15) is 20.2 Å². The molecule has 10 nitrogen and oxygen atoms in total. The van der Waals surface area contributed by atoms with E-state index in [2.05, 4.69) is 10.1 Å². The number of non-ortho nitro benzene ring substituents is 1. The number of imidazole rings is 1. The van der Waals surface area contributed by atoms with E-state index in [1.54, 1.807) is 37.0 Å². The predicted octanol–water partition coefficient (Wildman–Crippen LogP) is 2.40. The van der Waals surface area contributed by atoms with Gasteiger partial charge in [-0.25, -0.2) is 14.2 Å². The number of nitro benzene ring substituents is 1. The van der Waals surface area contributed by atoms with E-state index in [1.165, 1.54) is 22.9 Å². The zero-order valence-electron chi connectivity index (χ0n) is 12.8. The Labute approximate surface area is 135 Å². The lowest BCUT2D eigenvalue weighted by molar-refractivity contribution is -0.391. The minimum atomic E-state index is -0.507. The Morgan fingerprint density at radius 1 is 1.04 bits per heavy atom. The van der Waals surface area contributed by atoms with Crippen LogP contribution in [0, 0.1) is 27.2 Å². The molecule has 0 aliphatic heterocycles. The lowest BCUT2D eigenvalue weighted by atomic mass is 10.2. The smallest absolute Gasteiger partial charge is 0.342 e. The topological polar surface area (TPSA) is 122 Å². The second kappa shape index (κ2) is 5.57.